The van der Waals surface area contributed by atoms with Crippen molar-refractivity contribution in [3.8, 4) is 11.5 Å². The van der Waals surface area contributed by atoms with Gasteiger partial charge in [-0.15, -0.1) is 0 Å². The average Bonchev–Trinajstić information content (AvgIpc) is 2.72. The number of carbonyl (C=O) groups is 1. The van der Waals surface area contributed by atoms with E-state index in [1.165, 1.54) is 0 Å². The first kappa shape index (κ1) is 9.64. The maximum atomic E-state index is 11.0. The largest absolute Gasteiger partial charge is 0.454 e. The summed E-state index contributed by atoms with van der Waals surface area (Å²) < 4.78 is 10.4. The van der Waals surface area contributed by atoms with E-state index in [2.05, 4.69) is 10.6 Å². The number of benzene rings is 1. The fourth-order valence-electron chi connectivity index (χ4n) is 1.28. The van der Waals surface area contributed by atoms with Crippen molar-refractivity contribution >= 4 is 11.6 Å². The van der Waals surface area contributed by atoms with E-state index in [0.717, 1.165) is 11.4 Å². The van der Waals surface area contributed by atoms with Gasteiger partial charge in [-0.3, -0.25) is 4.79 Å². The van der Waals surface area contributed by atoms with Crippen molar-refractivity contribution in [2.45, 2.75) is 0 Å². The molecule has 0 saturated carbocycles. The molecule has 0 aliphatic carbocycles. The lowest BCUT2D eigenvalue weighted by Crippen LogP contribution is -2.26. The minimum Gasteiger partial charge on any atom is -0.454 e. The van der Waals surface area contributed by atoms with Crippen molar-refractivity contribution in [1.29, 1.82) is 0 Å². The average molecular weight is 208 g/mol. The summed E-state index contributed by atoms with van der Waals surface area (Å²) in [4.78, 5) is 11.0. The molecular weight excluding hydrogens is 196 g/mol. The molecule has 0 atom stereocenters. The van der Waals surface area contributed by atoms with Gasteiger partial charge in [0.2, 0.25) is 12.7 Å². The van der Waals surface area contributed by atoms with Crippen molar-refractivity contribution in [1.82, 2.24) is 5.32 Å². The predicted octanol–water partition coefficient (Wildman–Crippen LogP) is 0.573. The quantitative estimate of drug-likeness (QED) is 0.762. The molecule has 0 aromatic heterocycles. The van der Waals surface area contributed by atoms with E-state index in [-0.39, 0.29) is 19.2 Å². The van der Waals surface area contributed by atoms with Gasteiger partial charge in [-0.2, -0.15) is 0 Å². The highest BCUT2D eigenvalue weighted by molar-refractivity contribution is 5.80. The number of rotatable bonds is 3. The highest BCUT2D eigenvalue weighted by Gasteiger charge is 2.13. The molecule has 1 aliphatic rings. The zero-order valence-electron chi connectivity index (χ0n) is 8.37. The molecule has 2 N–H and O–H groups in total. The van der Waals surface area contributed by atoms with E-state index in [9.17, 15) is 4.79 Å². The van der Waals surface area contributed by atoms with Crippen LogP contribution in [0.2, 0.25) is 0 Å². The van der Waals surface area contributed by atoms with Gasteiger partial charge < -0.3 is 20.1 Å². The first-order chi connectivity index (χ1) is 7.29. The third-order valence-electron chi connectivity index (χ3n) is 2.10. The Morgan fingerprint density at radius 3 is 3.00 bits per heavy atom. The first-order valence-corrected chi connectivity index (χ1v) is 4.63. The highest BCUT2D eigenvalue weighted by Crippen LogP contribution is 2.33. The van der Waals surface area contributed by atoms with Gasteiger partial charge in [-0.25, -0.2) is 0 Å². The van der Waals surface area contributed by atoms with Crippen LogP contribution in [0, 0.1) is 0 Å². The Bertz CT molecular complexity index is 379. The normalized spacial score (nSPS) is 12.3. The smallest absolute Gasteiger partial charge is 0.239 e. The third kappa shape index (κ3) is 2.12. The second-order valence-corrected chi connectivity index (χ2v) is 3.09. The molecule has 1 aromatic carbocycles. The number of amides is 1. The lowest BCUT2D eigenvalue weighted by Gasteiger charge is -2.05. The molecule has 1 aliphatic heterocycles. The molecule has 0 fully saturated rings. The minimum absolute atomic E-state index is 0.0623. The molecule has 0 radical (unpaired) electrons. The predicted molar refractivity (Wildman–Crippen MR) is 55.1 cm³/mol. The molecule has 1 amide bonds. The number of hydrogen-bond acceptors (Lipinski definition) is 4. The Morgan fingerprint density at radius 2 is 2.20 bits per heavy atom. The van der Waals surface area contributed by atoms with Crippen LogP contribution in [0.15, 0.2) is 18.2 Å². The zero-order chi connectivity index (χ0) is 10.7. The van der Waals surface area contributed by atoms with Crippen molar-refractivity contribution in [3.63, 3.8) is 0 Å². The zero-order valence-corrected chi connectivity index (χ0v) is 8.37. The summed E-state index contributed by atoms with van der Waals surface area (Å²) in [5, 5.41) is 5.51. The molecule has 0 bridgehead atoms. The van der Waals surface area contributed by atoms with Crippen LogP contribution in [-0.4, -0.2) is 26.3 Å². The Kier molecular flexibility index (Phi) is 2.62. The summed E-state index contributed by atoms with van der Waals surface area (Å²) in [6.45, 7) is 0.504. The van der Waals surface area contributed by atoms with Crippen molar-refractivity contribution < 1.29 is 14.3 Å². The number of fused-ring (bicyclic) bond motifs is 1. The van der Waals surface area contributed by atoms with Gasteiger partial charge in [0.1, 0.15) is 0 Å². The summed E-state index contributed by atoms with van der Waals surface area (Å²) in [6.07, 6.45) is 0. The van der Waals surface area contributed by atoms with Gasteiger partial charge in [0.15, 0.2) is 11.5 Å². The van der Waals surface area contributed by atoms with Gasteiger partial charge in [0, 0.05) is 18.8 Å². The third-order valence-corrected chi connectivity index (χ3v) is 2.10. The maximum absolute atomic E-state index is 11.0. The molecule has 0 saturated heterocycles. The lowest BCUT2D eigenvalue weighted by molar-refractivity contribution is -0.118. The molecule has 0 spiro atoms. The highest BCUT2D eigenvalue weighted by atomic mass is 16.7. The lowest BCUT2D eigenvalue weighted by atomic mass is 10.3. The number of nitrogens with one attached hydrogen (secondary N) is 2. The van der Waals surface area contributed by atoms with Crippen LogP contribution >= 0.6 is 0 Å². The van der Waals surface area contributed by atoms with Crippen molar-refractivity contribution in [3.05, 3.63) is 18.2 Å². The number of ether oxygens (including phenoxy) is 2. The van der Waals surface area contributed by atoms with Gasteiger partial charge >= 0.3 is 0 Å². The standard InChI is InChI=1S/C10H12N2O3/c1-11-10(13)5-12-7-2-3-8-9(4-7)15-6-14-8/h2-4,12H,5-6H2,1H3,(H,11,13). The van der Waals surface area contributed by atoms with Crippen LogP contribution in [0.25, 0.3) is 0 Å². The topological polar surface area (TPSA) is 59.6 Å². The van der Waals surface area contributed by atoms with Crippen LogP contribution in [0.5, 0.6) is 11.5 Å². The van der Waals surface area contributed by atoms with Gasteiger partial charge in [-0.1, -0.05) is 0 Å². The van der Waals surface area contributed by atoms with E-state index >= 15 is 0 Å². The molecule has 0 unspecified atom stereocenters. The number of carbonyl (C=O) groups excluding carboxylic acids is 1. The molecule has 2 rings (SSSR count). The van der Waals surface area contributed by atoms with Gasteiger partial charge in [0.05, 0.1) is 6.54 Å². The summed E-state index contributed by atoms with van der Waals surface area (Å²) in [5.41, 5.74) is 0.836. The molecule has 1 heterocycles. The second kappa shape index (κ2) is 4.08. The number of likely N-dealkylation sites (N-methyl/N-ethyl adjacent to an activating group) is 1. The Balaban J connectivity index is 2.01. The van der Waals surface area contributed by atoms with Gasteiger partial charge in [0.25, 0.3) is 0 Å². The second-order valence-electron chi connectivity index (χ2n) is 3.09. The molecule has 80 valence electrons. The summed E-state index contributed by atoms with van der Waals surface area (Å²) in [5.74, 6) is 1.38. The summed E-state index contributed by atoms with van der Waals surface area (Å²) in [7, 11) is 1.60. The molecular formula is C10H12N2O3. The number of anilines is 1. The van der Waals surface area contributed by atoms with Crippen LogP contribution in [0.3, 0.4) is 0 Å². The van der Waals surface area contributed by atoms with E-state index in [1.54, 1.807) is 7.05 Å². The van der Waals surface area contributed by atoms with Crippen LogP contribution in [-0.2, 0) is 4.79 Å². The van der Waals surface area contributed by atoms with Crippen LogP contribution in [0.4, 0.5) is 5.69 Å². The molecule has 1 aromatic rings. The Labute approximate surface area is 87.4 Å². The van der Waals surface area contributed by atoms with Crippen LogP contribution < -0.4 is 20.1 Å². The summed E-state index contributed by atoms with van der Waals surface area (Å²) in [6, 6.07) is 5.47. The SMILES string of the molecule is CNC(=O)CNc1ccc2c(c1)OCO2. The minimum atomic E-state index is -0.0623. The Morgan fingerprint density at radius 1 is 1.40 bits per heavy atom. The summed E-state index contributed by atoms with van der Waals surface area (Å²) >= 11 is 0. The van der Waals surface area contributed by atoms with E-state index in [1.807, 2.05) is 18.2 Å². The van der Waals surface area contributed by atoms with E-state index < -0.39 is 0 Å². The van der Waals surface area contributed by atoms with E-state index in [4.69, 9.17) is 9.47 Å². The molecule has 5 nitrogen and oxygen atoms in total. The fourth-order valence-corrected chi connectivity index (χ4v) is 1.28. The number of hydrogen-bond donors (Lipinski definition) is 2. The van der Waals surface area contributed by atoms with Crippen LogP contribution in [0.1, 0.15) is 0 Å². The van der Waals surface area contributed by atoms with Crippen molar-refractivity contribution in [2.75, 3.05) is 25.7 Å². The fraction of sp³-hybridized carbons (Fsp3) is 0.300. The van der Waals surface area contributed by atoms with E-state index in [0.29, 0.717) is 5.75 Å². The molecule has 15 heavy (non-hydrogen) atoms. The maximum Gasteiger partial charge on any atom is 0.239 e. The first-order valence-electron chi connectivity index (χ1n) is 4.63. The van der Waals surface area contributed by atoms with Crippen molar-refractivity contribution in [2.24, 2.45) is 0 Å². The molecule has 5 heteroatoms. The monoisotopic (exact) mass is 208 g/mol. The Hall–Kier alpha value is -1.91. The van der Waals surface area contributed by atoms with Gasteiger partial charge in [-0.05, 0) is 12.1 Å².